The van der Waals surface area contributed by atoms with E-state index in [1.165, 1.54) is 18.2 Å². The molecular formula is C34H29FN2O5S. The zero-order valence-corrected chi connectivity index (χ0v) is 24.3. The lowest BCUT2D eigenvalue weighted by Crippen LogP contribution is -2.36. The third kappa shape index (κ3) is 6.95. The van der Waals surface area contributed by atoms with Gasteiger partial charge in [0.25, 0.3) is 11.1 Å². The maximum Gasteiger partial charge on any atom is 0.294 e. The number of allylic oxidation sites excluding steroid dienone is 1. The van der Waals surface area contributed by atoms with Crippen LogP contribution in [0.2, 0.25) is 0 Å². The van der Waals surface area contributed by atoms with E-state index in [2.05, 4.69) is 30.1 Å². The highest BCUT2D eigenvalue weighted by atomic mass is 32.2. The van der Waals surface area contributed by atoms with E-state index >= 15 is 0 Å². The van der Waals surface area contributed by atoms with Gasteiger partial charge in [-0.25, -0.2) is 4.39 Å². The first-order valence-corrected chi connectivity index (χ1v) is 14.5. The average molecular weight is 597 g/mol. The van der Waals surface area contributed by atoms with Gasteiger partial charge in [0, 0.05) is 11.3 Å². The minimum atomic E-state index is -0.617. The number of anilines is 1. The van der Waals surface area contributed by atoms with E-state index in [0.717, 1.165) is 44.6 Å². The highest BCUT2D eigenvalue weighted by Gasteiger charge is 2.36. The molecule has 0 aromatic heterocycles. The molecule has 0 aliphatic carbocycles. The molecular weight excluding hydrogens is 567 g/mol. The van der Waals surface area contributed by atoms with E-state index in [4.69, 9.17) is 9.47 Å². The van der Waals surface area contributed by atoms with Crippen LogP contribution in [0.5, 0.6) is 11.5 Å². The van der Waals surface area contributed by atoms with E-state index in [9.17, 15) is 18.8 Å². The Kier molecular flexibility index (Phi) is 9.22. The third-order valence-electron chi connectivity index (χ3n) is 6.65. The van der Waals surface area contributed by atoms with Crippen molar-refractivity contribution >= 4 is 51.4 Å². The van der Waals surface area contributed by atoms with Crippen molar-refractivity contribution in [2.75, 3.05) is 18.5 Å². The highest BCUT2D eigenvalue weighted by molar-refractivity contribution is 8.18. The SMILES string of the molecule is C=CCc1cc(/C=C2/SC(=O)N(CC(=O)Nc3cccc(F)c3)C2=O)cc(OCC)c1OCc1cccc2ccccc12. The average Bonchev–Trinajstić information content (AvgIpc) is 3.24. The number of hydrogen-bond acceptors (Lipinski definition) is 6. The Bertz CT molecular complexity index is 1750. The van der Waals surface area contributed by atoms with Crippen LogP contribution in [-0.4, -0.2) is 35.1 Å². The number of amides is 3. The summed E-state index contributed by atoms with van der Waals surface area (Å²) in [5, 5.41) is 4.16. The van der Waals surface area contributed by atoms with Crippen molar-refractivity contribution in [3.05, 3.63) is 119 Å². The molecule has 0 saturated carbocycles. The van der Waals surface area contributed by atoms with Gasteiger partial charge < -0.3 is 14.8 Å². The molecule has 3 amide bonds. The third-order valence-corrected chi connectivity index (χ3v) is 7.56. The molecule has 1 N–H and O–H groups in total. The van der Waals surface area contributed by atoms with Gasteiger partial charge in [-0.15, -0.1) is 6.58 Å². The van der Waals surface area contributed by atoms with Gasteiger partial charge in [-0.3, -0.25) is 19.3 Å². The molecule has 4 aromatic carbocycles. The molecule has 1 fully saturated rings. The standard InChI is InChI=1S/C34H29FN2O5S/c1-3-9-24-16-22(17-29(41-4-2)32(24)42-21-25-12-7-11-23-10-5-6-15-28(23)25)18-30-33(39)37(34(40)43-30)20-31(38)36-27-14-8-13-26(35)19-27/h3,5-8,10-19H,1,4,9,20-21H2,2H3,(H,36,38)/b30-18+. The summed E-state index contributed by atoms with van der Waals surface area (Å²) in [6.45, 7) is 5.96. The molecule has 0 spiro atoms. The number of nitrogens with one attached hydrogen (secondary N) is 1. The molecule has 43 heavy (non-hydrogen) atoms. The van der Waals surface area contributed by atoms with Gasteiger partial charge in [0.1, 0.15) is 19.0 Å². The second kappa shape index (κ2) is 13.4. The number of benzene rings is 4. The molecule has 9 heteroatoms. The van der Waals surface area contributed by atoms with Crippen LogP contribution in [0.15, 0.2) is 96.4 Å². The minimum absolute atomic E-state index is 0.167. The van der Waals surface area contributed by atoms with Crippen molar-refractivity contribution in [1.82, 2.24) is 4.90 Å². The maximum atomic E-state index is 13.5. The molecule has 4 aromatic rings. The Balaban J connectivity index is 1.37. The summed E-state index contributed by atoms with van der Waals surface area (Å²) in [5.41, 5.74) is 2.70. The number of carbonyl (C=O) groups is 3. The quantitative estimate of drug-likeness (QED) is 0.144. The summed E-state index contributed by atoms with van der Waals surface area (Å²) in [5.74, 6) is -0.646. The van der Waals surface area contributed by atoms with E-state index in [-0.39, 0.29) is 10.6 Å². The number of thioether (sulfide) groups is 1. The summed E-state index contributed by atoms with van der Waals surface area (Å²) in [6.07, 6.45) is 3.83. The number of hydrogen-bond donors (Lipinski definition) is 1. The van der Waals surface area contributed by atoms with Crippen LogP contribution in [0.3, 0.4) is 0 Å². The predicted molar refractivity (Wildman–Crippen MR) is 167 cm³/mol. The van der Waals surface area contributed by atoms with Crippen LogP contribution in [0.4, 0.5) is 14.9 Å². The van der Waals surface area contributed by atoms with Gasteiger partial charge in [0.2, 0.25) is 5.91 Å². The summed E-state index contributed by atoms with van der Waals surface area (Å²) in [6, 6.07) is 23.2. The van der Waals surface area contributed by atoms with Crippen molar-refractivity contribution in [1.29, 1.82) is 0 Å². The first-order chi connectivity index (χ1) is 20.9. The number of halogens is 1. The number of imide groups is 1. The number of carbonyl (C=O) groups excluding carboxylic acids is 3. The molecule has 5 rings (SSSR count). The lowest BCUT2D eigenvalue weighted by Gasteiger charge is -2.17. The fourth-order valence-corrected chi connectivity index (χ4v) is 5.61. The number of rotatable bonds is 11. The zero-order valence-electron chi connectivity index (χ0n) is 23.5. The fourth-order valence-electron chi connectivity index (χ4n) is 4.77. The Labute approximate surface area is 253 Å². The van der Waals surface area contributed by atoms with Gasteiger partial charge in [-0.05, 0) is 83.4 Å². The summed E-state index contributed by atoms with van der Waals surface area (Å²) < 4.78 is 25.8. The number of nitrogens with zero attached hydrogens (tertiary/aromatic N) is 1. The topological polar surface area (TPSA) is 84.9 Å². The fraction of sp³-hybridized carbons (Fsp3) is 0.147. The Hall–Kier alpha value is -4.89. The van der Waals surface area contributed by atoms with Crippen LogP contribution < -0.4 is 14.8 Å². The highest BCUT2D eigenvalue weighted by Crippen LogP contribution is 2.38. The smallest absolute Gasteiger partial charge is 0.294 e. The lowest BCUT2D eigenvalue weighted by atomic mass is 10.0. The summed E-state index contributed by atoms with van der Waals surface area (Å²) in [4.78, 5) is 39.3. The maximum absolute atomic E-state index is 13.5. The molecule has 1 saturated heterocycles. The molecule has 218 valence electrons. The van der Waals surface area contributed by atoms with E-state index in [1.807, 2.05) is 37.3 Å². The molecule has 1 aliphatic rings. The molecule has 7 nitrogen and oxygen atoms in total. The minimum Gasteiger partial charge on any atom is -0.490 e. The molecule has 0 bridgehead atoms. The predicted octanol–water partition coefficient (Wildman–Crippen LogP) is 7.36. The van der Waals surface area contributed by atoms with Gasteiger partial charge in [0.15, 0.2) is 11.5 Å². The van der Waals surface area contributed by atoms with E-state index < -0.39 is 29.4 Å². The number of ether oxygens (including phenoxy) is 2. The Morgan fingerprint density at radius 3 is 2.58 bits per heavy atom. The van der Waals surface area contributed by atoms with Crippen molar-refractivity contribution in [2.45, 2.75) is 20.0 Å². The van der Waals surface area contributed by atoms with Crippen LogP contribution >= 0.6 is 11.8 Å². The van der Waals surface area contributed by atoms with Gasteiger partial charge in [0.05, 0.1) is 11.5 Å². The molecule has 0 radical (unpaired) electrons. The molecule has 1 heterocycles. The zero-order chi connectivity index (χ0) is 30.3. The number of fused-ring (bicyclic) bond motifs is 1. The first kappa shape index (κ1) is 29.6. The summed E-state index contributed by atoms with van der Waals surface area (Å²) >= 11 is 0.745. The lowest BCUT2D eigenvalue weighted by molar-refractivity contribution is -0.127. The van der Waals surface area contributed by atoms with Gasteiger partial charge >= 0.3 is 0 Å². The van der Waals surface area contributed by atoms with Crippen LogP contribution in [-0.2, 0) is 22.6 Å². The second-order valence-corrected chi connectivity index (χ2v) is 10.7. The van der Waals surface area contributed by atoms with Crippen molar-refractivity contribution in [3.8, 4) is 11.5 Å². The van der Waals surface area contributed by atoms with Crippen LogP contribution in [0, 0.1) is 5.82 Å². The van der Waals surface area contributed by atoms with E-state index in [1.54, 1.807) is 18.2 Å². The molecule has 1 aliphatic heterocycles. The van der Waals surface area contributed by atoms with Crippen molar-refractivity contribution in [3.63, 3.8) is 0 Å². The molecule has 0 atom stereocenters. The van der Waals surface area contributed by atoms with Gasteiger partial charge in [-0.2, -0.15) is 0 Å². The normalized spacial score (nSPS) is 13.9. The summed E-state index contributed by atoms with van der Waals surface area (Å²) in [7, 11) is 0. The van der Waals surface area contributed by atoms with Crippen molar-refractivity contribution in [2.24, 2.45) is 0 Å². The van der Waals surface area contributed by atoms with Crippen molar-refractivity contribution < 1.29 is 28.2 Å². The Morgan fingerprint density at radius 1 is 1.00 bits per heavy atom. The second-order valence-electron chi connectivity index (χ2n) is 9.69. The van der Waals surface area contributed by atoms with Crippen LogP contribution in [0.25, 0.3) is 16.8 Å². The Morgan fingerprint density at radius 2 is 1.79 bits per heavy atom. The monoisotopic (exact) mass is 596 g/mol. The largest absolute Gasteiger partial charge is 0.490 e. The van der Waals surface area contributed by atoms with E-state index in [0.29, 0.717) is 36.7 Å². The molecule has 0 unspecified atom stereocenters. The van der Waals surface area contributed by atoms with Crippen LogP contribution in [0.1, 0.15) is 23.6 Å². The van der Waals surface area contributed by atoms with Gasteiger partial charge in [-0.1, -0.05) is 54.6 Å². The first-order valence-electron chi connectivity index (χ1n) is 13.7.